The van der Waals surface area contributed by atoms with Crippen molar-refractivity contribution in [2.75, 3.05) is 11.9 Å². The minimum atomic E-state index is 0.872. The summed E-state index contributed by atoms with van der Waals surface area (Å²) in [6, 6.07) is 2.04. The van der Waals surface area contributed by atoms with Crippen molar-refractivity contribution in [2.45, 2.75) is 19.9 Å². The average Bonchev–Trinajstić information content (AvgIpc) is 2.88. The van der Waals surface area contributed by atoms with Gasteiger partial charge in [0.15, 0.2) is 0 Å². The van der Waals surface area contributed by atoms with Gasteiger partial charge in [-0.2, -0.15) is 5.10 Å². The maximum Gasteiger partial charge on any atom is 0.202 e. The smallest absolute Gasteiger partial charge is 0.202 e. The van der Waals surface area contributed by atoms with Crippen LogP contribution in [0.2, 0.25) is 0 Å². The Morgan fingerprint density at radius 1 is 1.38 bits per heavy atom. The van der Waals surface area contributed by atoms with Crippen LogP contribution in [0, 0.1) is 0 Å². The van der Waals surface area contributed by atoms with Gasteiger partial charge in [-0.15, -0.1) is 0 Å². The maximum absolute atomic E-state index is 4.26. The SMILES string of the molecule is CCn1ccnc1NCCc1ccnn1C. The zero-order chi connectivity index (χ0) is 11.4. The molecule has 2 rings (SSSR count). The molecule has 16 heavy (non-hydrogen) atoms. The van der Waals surface area contributed by atoms with Crippen LogP contribution in [0.4, 0.5) is 5.95 Å². The summed E-state index contributed by atoms with van der Waals surface area (Å²) in [5, 5.41) is 7.45. The molecule has 2 aromatic heterocycles. The fourth-order valence-electron chi connectivity index (χ4n) is 1.68. The quantitative estimate of drug-likeness (QED) is 0.824. The third kappa shape index (κ3) is 2.24. The molecule has 0 aliphatic rings. The Bertz CT molecular complexity index is 443. The van der Waals surface area contributed by atoms with E-state index in [0.29, 0.717) is 0 Å². The fraction of sp³-hybridized carbons (Fsp3) is 0.455. The van der Waals surface area contributed by atoms with E-state index in [0.717, 1.165) is 25.5 Å². The van der Waals surface area contributed by atoms with E-state index in [-0.39, 0.29) is 0 Å². The monoisotopic (exact) mass is 219 g/mol. The Kier molecular flexibility index (Phi) is 3.24. The van der Waals surface area contributed by atoms with Crippen molar-refractivity contribution in [1.82, 2.24) is 19.3 Å². The molecule has 0 saturated heterocycles. The van der Waals surface area contributed by atoms with Gasteiger partial charge in [0.05, 0.1) is 0 Å². The molecule has 5 heteroatoms. The molecule has 0 amide bonds. The van der Waals surface area contributed by atoms with Crippen LogP contribution in [0.15, 0.2) is 24.7 Å². The molecule has 0 atom stereocenters. The Labute approximate surface area is 95.1 Å². The number of aromatic nitrogens is 4. The first kappa shape index (κ1) is 10.7. The molecule has 0 bridgehead atoms. The minimum absolute atomic E-state index is 0.872. The van der Waals surface area contributed by atoms with E-state index in [4.69, 9.17) is 0 Å². The van der Waals surface area contributed by atoms with Crippen LogP contribution >= 0.6 is 0 Å². The summed E-state index contributed by atoms with van der Waals surface area (Å²) in [6.45, 7) is 3.92. The van der Waals surface area contributed by atoms with Crippen molar-refractivity contribution in [1.29, 1.82) is 0 Å². The van der Waals surface area contributed by atoms with Crippen LogP contribution in [0.1, 0.15) is 12.6 Å². The third-order valence-electron chi connectivity index (χ3n) is 2.64. The number of hydrogen-bond donors (Lipinski definition) is 1. The van der Waals surface area contributed by atoms with Crippen LogP contribution in [0.3, 0.4) is 0 Å². The minimum Gasteiger partial charge on any atom is -0.355 e. The topological polar surface area (TPSA) is 47.7 Å². The van der Waals surface area contributed by atoms with Crippen LogP contribution in [0.5, 0.6) is 0 Å². The number of nitrogens with zero attached hydrogens (tertiary/aromatic N) is 4. The van der Waals surface area contributed by atoms with E-state index in [9.17, 15) is 0 Å². The van der Waals surface area contributed by atoms with Crippen LogP contribution in [-0.4, -0.2) is 25.9 Å². The molecule has 0 aromatic carbocycles. The number of aryl methyl sites for hydroxylation is 2. The molecular formula is C11H17N5. The van der Waals surface area contributed by atoms with Gasteiger partial charge < -0.3 is 9.88 Å². The van der Waals surface area contributed by atoms with E-state index in [1.165, 1.54) is 5.69 Å². The lowest BCUT2D eigenvalue weighted by Crippen LogP contribution is -2.11. The lowest BCUT2D eigenvalue weighted by molar-refractivity contribution is 0.706. The highest BCUT2D eigenvalue weighted by Gasteiger charge is 2.01. The van der Waals surface area contributed by atoms with E-state index in [2.05, 4.69) is 26.9 Å². The summed E-state index contributed by atoms with van der Waals surface area (Å²) in [6.07, 6.45) is 6.57. The molecular weight excluding hydrogens is 202 g/mol. The Balaban J connectivity index is 1.87. The normalized spacial score (nSPS) is 10.6. The Morgan fingerprint density at radius 3 is 2.94 bits per heavy atom. The molecule has 2 aromatic rings. The van der Waals surface area contributed by atoms with Crippen molar-refractivity contribution < 1.29 is 0 Å². The molecule has 0 saturated carbocycles. The molecule has 86 valence electrons. The zero-order valence-electron chi connectivity index (χ0n) is 9.72. The molecule has 5 nitrogen and oxygen atoms in total. The number of imidazole rings is 1. The maximum atomic E-state index is 4.26. The highest BCUT2D eigenvalue weighted by molar-refractivity contribution is 5.25. The molecule has 0 radical (unpaired) electrons. The summed E-state index contributed by atoms with van der Waals surface area (Å²) in [4.78, 5) is 4.26. The van der Waals surface area contributed by atoms with Crippen molar-refractivity contribution in [3.63, 3.8) is 0 Å². The zero-order valence-corrected chi connectivity index (χ0v) is 9.72. The van der Waals surface area contributed by atoms with Crippen molar-refractivity contribution >= 4 is 5.95 Å². The second-order valence-electron chi connectivity index (χ2n) is 3.66. The van der Waals surface area contributed by atoms with Crippen molar-refractivity contribution in [3.05, 3.63) is 30.4 Å². The van der Waals surface area contributed by atoms with Gasteiger partial charge in [0.25, 0.3) is 0 Å². The molecule has 0 aliphatic carbocycles. The van der Waals surface area contributed by atoms with Gasteiger partial charge >= 0.3 is 0 Å². The summed E-state index contributed by atoms with van der Waals surface area (Å²) in [5.41, 5.74) is 1.22. The standard InChI is InChI=1S/C11H17N5/c1-3-16-9-8-13-11(16)12-6-4-10-5-7-14-15(10)2/h5,7-9H,3-4,6H2,1-2H3,(H,12,13). The molecule has 1 N–H and O–H groups in total. The predicted molar refractivity (Wildman–Crippen MR) is 63.3 cm³/mol. The highest BCUT2D eigenvalue weighted by Crippen LogP contribution is 2.04. The second kappa shape index (κ2) is 4.83. The van der Waals surface area contributed by atoms with E-state index < -0.39 is 0 Å². The highest BCUT2D eigenvalue weighted by atomic mass is 15.3. The van der Waals surface area contributed by atoms with Crippen LogP contribution < -0.4 is 5.32 Å². The molecule has 2 heterocycles. The van der Waals surface area contributed by atoms with Gasteiger partial charge in [0.2, 0.25) is 5.95 Å². The summed E-state index contributed by atoms with van der Waals surface area (Å²) in [5.74, 6) is 0.935. The largest absolute Gasteiger partial charge is 0.355 e. The van der Waals surface area contributed by atoms with Gasteiger partial charge in [-0.05, 0) is 13.0 Å². The summed E-state index contributed by atoms with van der Waals surface area (Å²) < 4.78 is 3.98. The summed E-state index contributed by atoms with van der Waals surface area (Å²) >= 11 is 0. The third-order valence-corrected chi connectivity index (χ3v) is 2.64. The van der Waals surface area contributed by atoms with Crippen molar-refractivity contribution in [3.8, 4) is 0 Å². The summed E-state index contributed by atoms with van der Waals surface area (Å²) in [7, 11) is 1.96. The lowest BCUT2D eigenvalue weighted by Gasteiger charge is -2.07. The van der Waals surface area contributed by atoms with Gasteiger partial charge in [-0.3, -0.25) is 4.68 Å². The fourth-order valence-corrected chi connectivity index (χ4v) is 1.68. The number of rotatable bonds is 5. The van der Waals surface area contributed by atoms with E-state index in [1.807, 2.05) is 36.4 Å². The van der Waals surface area contributed by atoms with Crippen LogP contribution in [0.25, 0.3) is 0 Å². The van der Waals surface area contributed by atoms with Crippen molar-refractivity contribution in [2.24, 2.45) is 7.05 Å². The number of nitrogens with one attached hydrogen (secondary N) is 1. The molecule has 0 fully saturated rings. The average molecular weight is 219 g/mol. The predicted octanol–water partition coefficient (Wildman–Crippen LogP) is 1.29. The molecule has 0 aliphatic heterocycles. The molecule has 0 unspecified atom stereocenters. The lowest BCUT2D eigenvalue weighted by atomic mass is 10.3. The van der Waals surface area contributed by atoms with Gasteiger partial charge in [0.1, 0.15) is 0 Å². The second-order valence-corrected chi connectivity index (χ2v) is 3.66. The van der Waals surface area contributed by atoms with E-state index >= 15 is 0 Å². The number of hydrogen-bond acceptors (Lipinski definition) is 3. The first-order chi connectivity index (χ1) is 7.81. The van der Waals surface area contributed by atoms with Crippen LogP contribution in [-0.2, 0) is 20.0 Å². The van der Waals surface area contributed by atoms with E-state index in [1.54, 1.807) is 0 Å². The molecule has 0 spiro atoms. The number of anilines is 1. The first-order valence-electron chi connectivity index (χ1n) is 5.53. The van der Waals surface area contributed by atoms with Gasteiger partial charge in [-0.1, -0.05) is 0 Å². The van der Waals surface area contributed by atoms with Gasteiger partial charge in [-0.25, -0.2) is 4.98 Å². The van der Waals surface area contributed by atoms with Gasteiger partial charge in [0, 0.05) is 50.8 Å². The first-order valence-corrected chi connectivity index (χ1v) is 5.53. The Hall–Kier alpha value is -1.78. The Morgan fingerprint density at radius 2 is 2.25 bits per heavy atom.